The molecule has 6 rings (SSSR count). The molecule has 0 aromatic heterocycles. The molecule has 3 aliphatic rings. The van der Waals surface area contributed by atoms with Crippen LogP contribution < -0.4 is 4.90 Å². The van der Waals surface area contributed by atoms with Crippen LogP contribution in [0.4, 0.5) is 5.69 Å². The molecule has 0 unspecified atom stereocenters. The Hall–Kier alpha value is -3.77. The minimum Gasteiger partial charge on any atom is -0.292 e. The highest BCUT2D eigenvalue weighted by Gasteiger charge is 2.65. The maximum atomic E-state index is 13.8. The van der Waals surface area contributed by atoms with Crippen LogP contribution in [0.1, 0.15) is 33.1 Å². The van der Waals surface area contributed by atoms with E-state index < -0.39 is 23.9 Å². The summed E-state index contributed by atoms with van der Waals surface area (Å²) in [5.74, 6) is -2.48. The zero-order chi connectivity index (χ0) is 23.6. The summed E-state index contributed by atoms with van der Waals surface area (Å²) < 4.78 is 0. The van der Waals surface area contributed by atoms with Crippen molar-refractivity contribution in [1.29, 1.82) is 0 Å². The standard InChI is InChI=1S/C27H20ClN3O3/c1-15-6-12-19(13-7-15)30-26(33)21-22(27(30)34)24(25(32)16-8-10-18(28)11-9-16)31-23(21)20-5-3-2-4-17(20)14-29-31/h2-14,21-24H,1H3/t21-,22+,23+,24-/m0/s1. The third-order valence-electron chi connectivity index (χ3n) is 6.98. The number of benzene rings is 3. The minimum absolute atomic E-state index is 0.252. The number of hydrazone groups is 1. The first-order valence-corrected chi connectivity index (χ1v) is 11.5. The van der Waals surface area contributed by atoms with Gasteiger partial charge in [-0.15, -0.1) is 0 Å². The number of Topliss-reactive ketones (excluding diaryl/α,β-unsaturated/α-hetero) is 1. The van der Waals surface area contributed by atoms with Crippen molar-refractivity contribution in [2.75, 3.05) is 4.90 Å². The third kappa shape index (κ3) is 2.95. The lowest BCUT2D eigenvalue weighted by molar-refractivity contribution is -0.124. The number of halogens is 1. The van der Waals surface area contributed by atoms with Gasteiger partial charge in [0.2, 0.25) is 11.8 Å². The second-order valence-corrected chi connectivity index (χ2v) is 9.35. The van der Waals surface area contributed by atoms with Crippen LogP contribution in [-0.2, 0) is 9.59 Å². The average Bonchev–Trinajstić information content (AvgIpc) is 3.32. The topological polar surface area (TPSA) is 70.1 Å². The number of carbonyl (C=O) groups is 3. The quantitative estimate of drug-likeness (QED) is 0.421. The van der Waals surface area contributed by atoms with Crippen molar-refractivity contribution in [2.24, 2.45) is 16.9 Å². The van der Waals surface area contributed by atoms with Crippen LogP contribution in [0, 0.1) is 18.8 Å². The van der Waals surface area contributed by atoms with Gasteiger partial charge in [0.1, 0.15) is 6.04 Å². The molecule has 6 nitrogen and oxygen atoms in total. The fraction of sp³-hybridized carbons (Fsp3) is 0.185. The fourth-order valence-electron chi connectivity index (χ4n) is 5.40. The Kier molecular flexibility index (Phi) is 4.67. The Bertz CT molecular complexity index is 1370. The predicted molar refractivity (Wildman–Crippen MR) is 129 cm³/mol. The molecule has 0 spiro atoms. The summed E-state index contributed by atoms with van der Waals surface area (Å²) >= 11 is 6.02. The second-order valence-electron chi connectivity index (χ2n) is 8.91. The second kappa shape index (κ2) is 7.64. The molecule has 0 aliphatic carbocycles. The molecular formula is C27H20ClN3O3. The van der Waals surface area contributed by atoms with Crippen LogP contribution in [0.2, 0.25) is 5.02 Å². The van der Waals surface area contributed by atoms with E-state index in [1.165, 1.54) is 4.90 Å². The van der Waals surface area contributed by atoms with Gasteiger partial charge in [-0.1, -0.05) is 53.6 Å². The molecule has 7 heteroatoms. The first-order valence-electron chi connectivity index (χ1n) is 11.1. The Morgan fingerprint density at radius 1 is 0.882 bits per heavy atom. The smallest absolute Gasteiger partial charge is 0.240 e. The van der Waals surface area contributed by atoms with Crippen molar-refractivity contribution in [2.45, 2.75) is 19.0 Å². The average molecular weight is 470 g/mol. The van der Waals surface area contributed by atoms with Crippen LogP contribution in [0.25, 0.3) is 0 Å². The molecule has 2 fully saturated rings. The molecule has 0 N–H and O–H groups in total. The van der Waals surface area contributed by atoms with E-state index in [0.717, 1.165) is 16.7 Å². The largest absolute Gasteiger partial charge is 0.292 e. The Balaban J connectivity index is 1.49. The summed E-state index contributed by atoms with van der Waals surface area (Å²) in [6.45, 7) is 1.95. The molecule has 168 valence electrons. The first kappa shape index (κ1) is 20.8. The Labute approximate surface area is 201 Å². The first-order chi connectivity index (χ1) is 16.5. The lowest BCUT2D eigenvalue weighted by atomic mass is 9.83. The monoisotopic (exact) mass is 469 g/mol. The van der Waals surface area contributed by atoms with Gasteiger partial charge < -0.3 is 0 Å². The number of carbonyl (C=O) groups excluding carboxylic acids is 3. The van der Waals surface area contributed by atoms with Gasteiger partial charge in [0.05, 0.1) is 29.8 Å². The maximum Gasteiger partial charge on any atom is 0.240 e. The van der Waals surface area contributed by atoms with Gasteiger partial charge in [0.15, 0.2) is 5.78 Å². The number of amides is 2. The van der Waals surface area contributed by atoms with Gasteiger partial charge in [0, 0.05) is 10.6 Å². The van der Waals surface area contributed by atoms with E-state index in [2.05, 4.69) is 5.10 Å². The fourth-order valence-corrected chi connectivity index (χ4v) is 5.53. The van der Waals surface area contributed by atoms with E-state index in [-0.39, 0.29) is 17.6 Å². The molecule has 3 aromatic rings. The van der Waals surface area contributed by atoms with Crippen molar-refractivity contribution in [1.82, 2.24) is 5.01 Å². The lowest BCUT2D eigenvalue weighted by Gasteiger charge is -2.33. The normalized spacial score (nSPS) is 24.8. The summed E-state index contributed by atoms with van der Waals surface area (Å²) in [7, 11) is 0. The van der Waals surface area contributed by atoms with Gasteiger partial charge in [-0.05, 0) is 54.4 Å². The van der Waals surface area contributed by atoms with Crippen LogP contribution in [0.3, 0.4) is 0 Å². The van der Waals surface area contributed by atoms with Crippen LogP contribution in [0.15, 0.2) is 77.9 Å². The number of nitrogens with zero attached hydrogens (tertiary/aromatic N) is 3. The lowest BCUT2D eigenvalue weighted by Crippen LogP contribution is -2.44. The number of anilines is 1. The van der Waals surface area contributed by atoms with Crippen LogP contribution in [0.5, 0.6) is 0 Å². The Morgan fingerprint density at radius 2 is 1.56 bits per heavy atom. The predicted octanol–water partition coefficient (Wildman–Crippen LogP) is 4.41. The van der Waals surface area contributed by atoms with Crippen molar-refractivity contribution < 1.29 is 14.4 Å². The molecular weight excluding hydrogens is 450 g/mol. The molecule has 0 saturated carbocycles. The zero-order valence-electron chi connectivity index (χ0n) is 18.3. The molecule has 0 bridgehead atoms. The molecule has 2 saturated heterocycles. The highest BCUT2D eigenvalue weighted by atomic mass is 35.5. The number of hydrogen-bond donors (Lipinski definition) is 0. The number of fused-ring (bicyclic) bond motifs is 5. The molecule has 34 heavy (non-hydrogen) atoms. The molecule has 3 aliphatic heterocycles. The molecule has 3 heterocycles. The molecule has 0 radical (unpaired) electrons. The van der Waals surface area contributed by atoms with Gasteiger partial charge >= 0.3 is 0 Å². The molecule has 3 aromatic carbocycles. The van der Waals surface area contributed by atoms with Gasteiger partial charge in [-0.25, -0.2) is 4.90 Å². The summed E-state index contributed by atoms with van der Waals surface area (Å²) in [5.41, 5.74) is 3.76. The maximum absolute atomic E-state index is 13.8. The highest BCUT2D eigenvalue weighted by Crippen LogP contribution is 2.53. The highest BCUT2D eigenvalue weighted by molar-refractivity contribution is 6.30. The van der Waals surface area contributed by atoms with Gasteiger partial charge in [-0.3, -0.25) is 19.4 Å². The zero-order valence-corrected chi connectivity index (χ0v) is 19.0. The van der Waals surface area contributed by atoms with Crippen molar-refractivity contribution in [3.63, 3.8) is 0 Å². The number of hydrogen-bond acceptors (Lipinski definition) is 5. The SMILES string of the molecule is Cc1ccc(N2C(=O)[C@@H]3[C@H](C2=O)[C@H]2c4ccccc4C=NN2[C@@H]3C(=O)c2ccc(Cl)cc2)cc1. The van der Waals surface area contributed by atoms with E-state index >= 15 is 0 Å². The van der Waals surface area contributed by atoms with Crippen LogP contribution >= 0.6 is 11.6 Å². The van der Waals surface area contributed by atoms with Gasteiger partial charge in [-0.2, -0.15) is 5.10 Å². The molecule has 4 atom stereocenters. The minimum atomic E-state index is -0.896. The van der Waals surface area contributed by atoms with E-state index in [4.69, 9.17) is 11.6 Å². The summed E-state index contributed by atoms with van der Waals surface area (Å²) in [6.07, 6.45) is 1.70. The van der Waals surface area contributed by atoms with E-state index in [9.17, 15) is 14.4 Å². The van der Waals surface area contributed by atoms with Crippen molar-refractivity contribution in [3.05, 3.63) is 100 Å². The molecule has 2 amide bonds. The summed E-state index contributed by atoms with van der Waals surface area (Å²) in [5, 5.41) is 6.76. The third-order valence-corrected chi connectivity index (χ3v) is 7.23. The van der Waals surface area contributed by atoms with E-state index in [1.54, 1.807) is 47.6 Å². The van der Waals surface area contributed by atoms with Crippen molar-refractivity contribution in [3.8, 4) is 0 Å². The van der Waals surface area contributed by atoms with E-state index in [0.29, 0.717) is 16.3 Å². The van der Waals surface area contributed by atoms with Crippen molar-refractivity contribution >= 4 is 41.1 Å². The number of ketones is 1. The Morgan fingerprint density at radius 3 is 2.29 bits per heavy atom. The summed E-state index contributed by atoms with van der Waals surface area (Å²) in [6, 6.07) is 20.1. The summed E-state index contributed by atoms with van der Waals surface area (Å²) in [4.78, 5) is 42.6. The van der Waals surface area contributed by atoms with E-state index in [1.807, 2.05) is 43.3 Å². The number of rotatable bonds is 3. The number of imide groups is 1. The number of aryl methyl sites for hydroxylation is 1. The van der Waals surface area contributed by atoms with Gasteiger partial charge in [0.25, 0.3) is 0 Å². The van der Waals surface area contributed by atoms with Crippen LogP contribution in [-0.4, -0.2) is 34.9 Å².